The van der Waals surface area contributed by atoms with E-state index in [1.165, 1.54) is 0 Å². The first-order valence-corrected chi connectivity index (χ1v) is 7.41. The van der Waals surface area contributed by atoms with Gasteiger partial charge >= 0.3 is 0 Å². The Hall–Kier alpha value is -1.27. The second-order valence-electron chi connectivity index (χ2n) is 3.43. The van der Waals surface area contributed by atoms with Crippen LogP contribution in [0.1, 0.15) is 6.42 Å². The van der Waals surface area contributed by atoms with Crippen molar-refractivity contribution in [1.82, 2.24) is 10.2 Å². The molecule has 0 unspecified atom stereocenters. The summed E-state index contributed by atoms with van der Waals surface area (Å²) in [7, 11) is 1.65. The van der Waals surface area contributed by atoms with Crippen LogP contribution in [0.5, 0.6) is 11.5 Å². The highest BCUT2D eigenvalue weighted by Gasteiger charge is 1.98. The van der Waals surface area contributed by atoms with Crippen molar-refractivity contribution in [2.24, 2.45) is 0 Å². The summed E-state index contributed by atoms with van der Waals surface area (Å²) in [5.74, 6) is 2.71. The zero-order valence-electron chi connectivity index (χ0n) is 10.0. The number of methoxy groups -OCH3 is 1. The summed E-state index contributed by atoms with van der Waals surface area (Å²) < 4.78 is 11.7. The summed E-state index contributed by atoms with van der Waals surface area (Å²) in [6.07, 6.45) is 0.982. The molecule has 0 aliphatic carbocycles. The molecule has 0 saturated heterocycles. The summed E-state index contributed by atoms with van der Waals surface area (Å²) in [4.78, 5) is 0. The highest BCUT2D eigenvalue weighted by Crippen LogP contribution is 2.20. The van der Waals surface area contributed by atoms with E-state index in [2.05, 4.69) is 10.2 Å². The molecule has 2 aromatic rings. The van der Waals surface area contributed by atoms with E-state index in [-0.39, 0.29) is 0 Å². The zero-order valence-corrected chi connectivity index (χ0v) is 11.7. The fourth-order valence-corrected chi connectivity index (χ4v) is 2.78. The molecule has 0 fully saturated rings. The molecule has 0 amide bonds. The van der Waals surface area contributed by atoms with Crippen molar-refractivity contribution >= 4 is 23.1 Å². The minimum atomic E-state index is 0.706. The predicted molar refractivity (Wildman–Crippen MR) is 73.7 cm³/mol. The number of hydrogen-bond acceptors (Lipinski definition) is 6. The molecule has 2 rings (SSSR count). The Bertz CT molecular complexity index is 446. The molecular weight excluding hydrogens is 268 g/mol. The van der Waals surface area contributed by atoms with Gasteiger partial charge in [0.2, 0.25) is 0 Å². The summed E-state index contributed by atoms with van der Waals surface area (Å²) in [5.41, 5.74) is 1.75. The number of aromatic nitrogens is 2. The molecule has 0 aliphatic heterocycles. The van der Waals surface area contributed by atoms with Crippen molar-refractivity contribution in [3.05, 3.63) is 29.8 Å². The normalized spacial score (nSPS) is 10.3. The van der Waals surface area contributed by atoms with E-state index in [9.17, 15) is 0 Å². The maximum absolute atomic E-state index is 5.62. The van der Waals surface area contributed by atoms with Gasteiger partial charge < -0.3 is 9.47 Å². The Morgan fingerprint density at radius 2 is 2.00 bits per heavy atom. The van der Waals surface area contributed by atoms with Gasteiger partial charge in [0.25, 0.3) is 0 Å². The third kappa shape index (κ3) is 4.19. The Balaban J connectivity index is 1.62. The summed E-state index contributed by atoms with van der Waals surface area (Å²) in [6.45, 7) is 0.706. The fourth-order valence-electron chi connectivity index (χ4n) is 1.31. The Morgan fingerprint density at radius 3 is 2.67 bits per heavy atom. The summed E-state index contributed by atoms with van der Waals surface area (Å²) in [5, 5.41) is 7.76. The van der Waals surface area contributed by atoms with Gasteiger partial charge in [-0.3, -0.25) is 0 Å². The van der Waals surface area contributed by atoms with E-state index in [0.717, 1.165) is 28.0 Å². The molecule has 0 atom stereocenters. The van der Waals surface area contributed by atoms with Crippen molar-refractivity contribution in [2.45, 2.75) is 10.8 Å². The molecule has 0 radical (unpaired) electrons. The molecule has 4 nitrogen and oxygen atoms in total. The van der Waals surface area contributed by atoms with Gasteiger partial charge in [0, 0.05) is 5.75 Å². The van der Waals surface area contributed by atoms with Crippen molar-refractivity contribution in [2.75, 3.05) is 19.5 Å². The number of hydrogen-bond donors (Lipinski definition) is 0. The highest BCUT2D eigenvalue weighted by molar-refractivity contribution is 8.00. The van der Waals surface area contributed by atoms with Crippen LogP contribution in [0.15, 0.2) is 34.1 Å². The van der Waals surface area contributed by atoms with Gasteiger partial charge in [0.05, 0.1) is 13.7 Å². The van der Waals surface area contributed by atoms with Gasteiger partial charge in [0.1, 0.15) is 17.0 Å². The van der Waals surface area contributed by atoms with Crippen LogP contribution in [0.2, 0.25) is 0 Å². The predicted octanol–water partition coefficient (Wildman–Crippen LogP) is 3.11. The molecule has 0 aliphatic rings. The molecule has 0 bridgehead atoms. The summed E-state index contributed by atoms with van der Waals surface area (Å²) in [6, 6.07) is 7.62. The molecule has 0 N–H and O–H groups in total. The van der Waals surface area contributed by atoms with Gasteiger partial charge in [-0.05, 0) is 30.7 Å². The van der Waals surface area contributed by atoms with Gasteiger partial charge in [-0.2, -0.15) is 0 Å². The van der Waals surface area contributed by atoms with Crippen LogP contribution < -0.4 is 9.47 Å². The average Bonchev–Trinajstić information content (AvgIpc) is 2.92. The lowest BCUT2D eigenvalue weighted by atomic mass is 10.3. The molecule has 6 heteroatoms. The second-order valence-corrected chi connectivity index (χ2v) is 5.61. The number of thioether (sulfide) groups is 1. The molecular formula is C12H14N2O2S2. The Morgan fingerprint density at radius 1 is 1.22 bits per heavy atom. The Kier molecular flexibility index (Phi) is 5.29. The monoisotopic (exact) mass is 282 g/mol. The second kappa shape index (κ2) is 7.23. The lowest BCUT2D eigenvalue weighted by Gasteiger charge is -2.06. The molecule has 1 aromatic heterocycles. The number of rotatable bonds is 7. The third-order valence-electron chi connectivity index (χ3n) is 2.18. The third-order valence-corrected chi connectivity index (χ3v) is 4.13. The first-order valence-electron chi connectivity index (χ1n) is 5.54. The van der Waals surface area contributed by atoms with Gasteiger partial charge in [-0.1, -0.05) is 23.1 Å². The van der Waals surface area contributed by atoms with Crippen molar-refractivity contribution in [1.29, 1.82) is 0 Å². The van der Waals surface area contributed by atoms with Crippen LogP contribution in [0.4, 0.5) is 0 Å². The van der Waals surface area contributed by atoms with Crippen molar-refractivity contribution in [3.8, 4) is 11.5 Å². The number of benzene rings is 1. The van der Waals surface area contributed by atoms with E-state index < -0.39 is 0 Å². The van der Waals surface area contributed by atoms with E-state index >= 15 is 0 Å². The maximum atomic E-state index is 5.62. The SMILES string of the molecule is COc1ccc(OCCCSc2nncs2)cc1. The smallest absolute Gasteiger partial charge is 0.174 e. The minimum absolute atomic E-state index is 0.706. The van der Waals surface area contributed by atoms with E-state index in [1.807, 2.05) is 24.3 Å². The largest absolute Gasteiger partial charge is 0.497 e. The number of nitrogens with zero attached hydrogens (tertiary/aromatic N) is 2. The fraction of sp³-hybridized carbons (Fsp3) is 0.333. The quantitative estimate of drug-likeness (QED) is 0.576. The lowest BCUT2D eigenvalue weighted by Crippen LogP contribution is -1.98. The van der Waals surface area contributed by atoms with Crippen molar-refractivity contribution in [3.63, 3.8) is 0 Å². The van der Waals surface area contributed by atoms with Gasteiger partial charge in [-0.15, -0.1) is 10.2 Å². The van der Waals surface area contributed by atoms with Crippen molar-refractivity contribution < 1.29 is 9.47 Å². The molecule has 0 saturated carbocycles. The van der Waals surface area contributed by atoms with Gasteiger partial charge in [0.15, 0.2) is 4.34 Å². The minimum Gasteiger partial charge on any atom is -0.497 e. The first-order chi connectivity index (χ1) is 8.88. The van der Waals surface area contributed by atoms with Crippen LogP contribution in [-0.4, -0.2) is 29.7 Å². The Labute approximate surface area is 114 Å². The van der Waals surface area contributed by atoms with E-state index in [1.54, 1.807) is 35.7 Å². The molecule has 18 heavy (non-hydrogen) atoms. The maximum Gasteiger partial charge on any atom is 0.174 e. The standard InChI is InChI=1S/C12H14N2O2S2/c1-15-10-3-5-11(6-4-10)16-7-2-8-17-12-14-13-9-18-12/h3-6,9H,2,7-8H2,1H3. The average molecular weight is 282 g/mol. The molecule has 96 valence electrons. The first kappa shape index (κ1) is 13.2. The van der Waals surface area contributed by atoms with Crippen LogP contribution in [0.3, 0.4) is 0 Å². The summed E-state index contributed by atoms with van der Waals surface area (Å²) >= 11 is 3.28. The molecule has 1 aromatic carbocycles. The molecule has 0 spiro atoms. The zero-order chi connectivity index (χ0) is 12.6. The van der Waals surface area contributed by atoms with E-state index in [0.29, 0.717) is 6.61 Å². The van der Waals surface area contributed by atoms with Crippen LogP contribution in [0, 0.1) is 0 Å². The van der Waals surface area contributed by atoms with Gasteiger partial charge in [-0.25, -0.2) is 0 Å². The van der Waals surface area contributed by atoms with Crippen LogP contribution in [0.25, 0.3) is 0 Å². The molecule has 1 heterocycles. The lowest BCUT2D eigenvalue weighted by molar-refractivity contribution is 0.318. The van der Waals surface area contributed by atoms with Crippen LogP contribution >= 0.6 is 23.1 Å². The topological polar surface area (TPSA) is 44.2 Å². The van der Waals surface area contributed by atoms with Crippen LogP contribution in [-0.2, 0) is 0 Å². The highest BCUT2D eigenvalue weighted by atomic mass is 32.2. The van der Waals surface area contributed by atoms with E-state index in [4.69, 9.17) is 9.47 Å². The number of ether oxygens (including phenoxy) is 2.